The third kappa shape index (κ3) is 5.41. The van der Waals surface area contributed by atoms with Crippen molar-refractivity contribution < 1.29 is 34.1 Å². The van der Waals surface area contributed by atoms with Crippen LogP contribution in [0.25, 0.3) is 0 Å². The Morgan fingerprint density at radius 2 is 1.92 bits per heavy atom. The summed E-state index contributed by atoms with van der Waals surface area (Å²) >= 11 is 0. The number of rotatable bonds is 0. The largest absolute Gasteiger partial charge is 0.462 e. The lowest BCUT2D eigenvalue weighted by atomic mass is 9.71. The predicted octanol–water partition coefficient (Wildman–Crippen LogP) is 5.00. The Morgan fingerprint density at radius 1 is 1.13 bits per heavy atom. The van der Waals surface area contributed by atoms with Crippen LogP contribution >= 0.6 is 0 Å². The molecule has 2 bridgehead atoms. The molecule has 4 heterocycles. The monoisotopic (exact) mass is 541 g/mol. The minimum absolute atomic E-state index is 0.0431. The number of ether oxygens (including phenoxy) is 4. The Labute approximate surface area is 231 Å². The van der Waals surface area contributed by atoms with E-state index in [4.69, 9.17) is 18.9 Å². The summed E-state index contributed by atoms with van der Waals surface area (Å²) in [5.74, 6) is -1.62. The van der Waals surface area contributed by atoms with Crippen molar-refractivity contribution in [1.82, 2.24) is 0 Å². The molecule has 0 aromatic heterocycles. The third-order valence-electron chi connectivity index (χ3n) is 9.25. The van der Waals surface area contributed by atoms with E-state index in [1.54, 1.807) is 13.0 Å². The summed E-state index contributed by atoms with van der Waals surface area (Å²) in [6, 6.07) is 0. The molecule has 9 atom stereocenters. The second-order valence-electron chi connectivity index (χ2n) is 12.4. The van der Waals surface area contributed by atoms with Crippen molar-refractivity contribution in [2.24, 2.45) is 22.9 Å². The first kappa shape index (κ1) is 28.3. The van der Waals surface area contributed by atoms with E-state index in [1.807, 2.05) is 12.2 Å². The molecule has 4 aliphatic heterocycles. The lowest BCUT2D eigenvalue weighted by Crippen LogP contribution is -2.57. The highest BCUT2D eigenvalue weighted by molar-refractivity contribution is 6.06. The Kier molecular flexibility index (Phi) is 7.94. The SMILES string of the molecule is CC1=C[C@H]2C(=O)O[C@H]3C[C@@H](C/C=C(\C)C[C@@H](C)/C=C/C=C4CO[C@H](C1=NO)[C@@]42O)O[C@@]1(CC[C@H](C)[C@@H](C)O1)C3. The molecule has 8 heteroatoms. The normalized spacial score (nSPS) is 46.5. The summed E-state index contributed by atoms with van der Waals surface area (Å²) in [5.41, 5.74) is 0.916. The van der Waals surface area contributed by atoms with Crippen LogP contribution < -0.4 is 0 Å². The molecule has 39 heavy (non-hydrogen) atoms. The first-order valence-electron chi connectivity index (χ1n) is 14.4. The molecule has 0 saturated carbocycles. The van der Waals surface area contributed by atoms with Crippen LogP contribution in [-0.4, -0.2) is 64.4 Å². The first-order valence-corrected chi connectivity index (χ1v) is 14.4. The summed E-state index contributed by atoms with van der Waals surface area (Å²) < 4.78 is 25.3. The lowest BCUT2D eigenvalue weighted by Gasteiger charge is -2.49. The van der Waals surface area contributed by atoms with Crippen LogP contribution in [0.1, 0.15) is 73.1 Å². The van der Waals surface area contributed by atoms with Crippen LogP contribution in [0.3, 0.4) is 0 Å². The van der Waals surface area contributed by atoms with Crippen molar-refractivity contribution >= 4 is 11.7 Å². The maximum absolute atomic E-state index is 13.9. The summed E-state index contributed by atoms with van der Waals surface area (Å²) in [6.45, 7) is 10.4. The maximum Gasteiger partial charge on any atom is 0.316 e. The maximum atomic E-state index is 13.9. The van der Waals surface area contributed by atoms with E-state index in [1.165, 1.54) is 5.57 Å². The third-order valence-corrected chi connectivity index (χ3v) is 9.25. The van der Waals surface area contributed by atoms with E-state index >= 15 is 0 Å². The molecule has 3 fully saturated rings. The van der Waals surface area contributed by atoms with Gasteiger partial charge in [0.25, 0.3) is 0 Å². The summed E-state index contributed by atoms with van der Waals surface area (Å²) in [4.78, 5) is 13.9. The zero-order chi connectivity index (χ0) is 27.9. The molecule has 1 spiro atoms. The second kappa shape index (κ2) is 11.0. The average Bonchev–Trinajstić information content (AvgIpc) is 3.21. The topological polar surface area (TPSA) is 107 Å². The minimum atomic E-state index is -1.72. The second-order valence-corrected chi connectivity index (χ2v) is 12.4. The van der Waals surface area contributed by atoms with Crippen molar-refractivity contribution in [1.29, 1.82) is 0 Å². The van der Waals surface area contributed by atoms with Crippen LogP contribution in [0.4, 0.5) is 0 Å². The number of carbonyl (C=O) groups is 1. The lowest BCUT2D eigenvalue weighted by molar-refractivity contribution is -0.332. The Balaban J connectivity index is 1.53. The van der Waals surface area contributed by atoms with E-state index in [-0.39, 0.29) is 30.4 Å². The van der Waals surface area contributed by atoms with Gasteiger partial charge in [0.05, 0.1) is 18.8 Å². The Morgan fingerprint density at radius 3 is 2.67 bits per heavy atom. The van der Waals surface area contributed by atoms with E-state index in [0.29, 0.717) is 36.3 Å². The minimum Gasteiger partial charge on any atom is -0.462 e. The van der Waals surface area contributed by atoms with Crippen molar-refractivity contribution in [2.45, 2.75) is 109 Å². The van der Waals surface area contributed by atoms with Gasteiger partial charge >= 0.3 is 5.97 Å². The number of aliphatic hydroxyl groups is 1. The fourth-order valence-electron chi connectivity index (χ4n) is 6.85. The molecular formula is C31H43NO7. The fourth-order valence-corrected chi connectivity index (χ4v) is 6.85. The van der Waals surface area contributed by atoms with Crippen LogP contribution in [0.2, 0.25) is 0 Å². The molecule has 0 aromatic carbocycles. The molecule has 0 amide bonds. The van der Waals surface area contributed by atoms with Gasteiger partial charge in [-0.05, 0) is 63.0 Å². The number of nitrogens with zero attached hydrogens (tertiary/aromatic N) is 1. The number of fused-ring (bicyclic) bond motifs is 2. The van der Waals surface area contributed by atoms with Crippen LogP contribution in [-0.2, 0) is 23.7 Å². The molecule has 8 nitrogen and oxygen atoms in total. The van der Waals surface area contributed by atoms with Gasteiger partial charge in [-0.25, -0.2) is 0 Å². The zero-order valence-electron chi connectivity index (χ0n) is 23.8. The molecule has 2 N–H and O–H groups in total. The van der Waals surface area contributed by atoms with Crippen LogP contribution in [0.5, 0.6) is 0 Å². The van der Waals surface area contributed by atoms with E-state index in [9.17, 15) is 15.1 Å². The highest BCUT2D eigenvalue weighted by Gasteiger charge is 2.59. The average molecular weight is 542 g/mol. The van der Waals surface area contributed by atoms with Gasteiger partial charge in [0.15, 0.2) is 5.79 Å². The van der Waals surface area contributed by atoms with Gasteiger partial charge in [0.2, 0.25) is 0 Å². The predicted molar refractivity (Wildman–Crippen MR) is 146 cm³/mol. The number of hydrogen-bond donors (Lipinski definition) is 2. The molecule has 0 radical (unpaired) electrons. The Hall–Kier alpha value is -2.26. The van der Waals surface area contributed by atoms with E-state index in [2.05, 4.69) is 45.0 Å². The highest BCUT2D eigenvalue weighted by Crippen LogP contribution is 2.46. The van der Waals surface area contributed by atoms with Crippen molar-refractivity contribution in [3.63, 3.8) is 0 Å². The molecule has 214 valence electrons. The molecule has 0 unspecified atom stereocenters. The molecule has 5 aliphatic rings. The van der Waals surface area contributed by atoms with Crippen LogP contribution in [0.15, 0.2) is 52.3 Å². The highest BCUT2D eigenvalue weighted by atomic mass is 16.7. The Bertz CT molecular complexity index is 1120. The molecule has 1 aliphatic carbocycles. The zero-order valence-corrected chi connectivity index (χ0v) is 23.8. The van der Waals surface area contributed by atoms with Gasteiger partial charge in [0, 0.05) is 19.3 Å². The number of carbonyl (C=O) groups excluding carboxylic acids is 1. The number of allylic oxidation sites excluding steroid dienone is 4. The van der Waals surface area contributed by atoms with Gasteiger partial charge < -0.3 is 29.3 Å². The number of hydrogen-bond acceptors (Lipinski definition) is 8. The smallest absolute Gasteiger partial charge is 0.316 e. The van der Waals surface area contributed by atoms with Gasteiger partial charge in [-0.2, -0.15) is 0 Å². The quantitative estimate of drug-likeness (QED) is 0.192. The van der Waals surface area contributed by atoms with E-state index < -0.39 is 35.5 Å². The van der Waals surface area contributed by atoms with Gasteiger partial charge in [0.1, 0.15) is 29.4 Å². The van der Waals surface area contributed by atoms with Gasteiger partial charge in [-0.1, -0.05) is 55.0 Å². The summed E-state index contributed by atoms with van der Waals surface area (Å²) in [5, 5.41) is 25.2. The van der Waals surface area contributed by atoms with Crippen molar-refractivity contribution in [2.75, 3.05) is 6.61 Å². The van der Waals surface area contributed by atoms with E-state index in [0.717, 1.165) is 19.3 Å². The van der Waals surface area contributed by atoms with Crippen molar-refractivity contribution in [3.05, 3.63) is 47.1 Å². The molecular weight excluding hydrogens is 498 g/mol. The number of oxime groups is 1. The van der Waals surface area contributed by atoms with Crippen LogP contribution in [0, 0.1) is 17.8 Å². The standard InChI is InChI=1S/C31H43NO7/c1-18-7-6-8-23-17-36-28-27(32-35)21(4)14-26(31(23,28)34)29(33)37-25-15-24(10-9-19(2)13-18)39-30(16-25)12-11-20(3)22(5)38-30/h6-9,14,18,20,22,24-26,28,34-35H,10-13,15-17H2,1-5H3/b7-6+,19-9+,23-8?,32-27?/t18-,20-,22+,24+,25-,26-,28+,30-,31+/m0/s1. The van der Waals surface area contributed by atoms with Gasteiger partial charge in [-0.3, -0.25) is 4.79 Å². The van der Waals surface area contributed by atoms with Gasteiger partial charge in [-0.15, -0.1) is 0 Å². The fraction of sp³-hybridized carbons (Fsp3) is 0.677. The molecule has 3 saturated heterocycles. The number of esters is 1. The molecule has 5 rings (SSSR count). The summed E-state index contributed by atoms with van der Waals surface area (Å²) in [7, 11) is 0. The van der Waals surface area contributed by atoms with Crippen molar-refractivity contribution in [3.8, 4) is 0 Å². The summed E-state index contributed by atoms with van der Waals surface area (Å²) in [6.07, 6.45) is 12.6. The first-order chi connectivity index (χ1) is 18.5. The molecule has 0 aromatic rings.